The fraction of sp³-hybridized carbons (Fsp3) is 0. The van der Waals surface area contributed by atoms with E-state index in [1.165, 1.54) is 0 Å². The molecule has 0 aliphatic rings. The van der Waals surface area contributed by atoms with Gasteiger partial charge in [-0.25, -0.2) is 0 Å². The Morgan fingerprint density at radius 1 is 1.27 bits per heavy atom. The predicted molar refractivity (Wildman–Crippen MR) is 23.0 cm³/mol. The van der Waals surface area contributed by atoms with Crippen LogP contribution in [-0.2, 0) is 10.4 Å². The summed E-state index contributed by atoms with van der Waals surface area (Å²) in [4.78, 5) is 8.36. The molecule has 64 valence electrons. The van der Waals surface area contributed by atoms with Gasteiger partial charge in [0.1, 0.15) is 0 Å². The van der Waals surface area contributed by atoms with E-state index in [2.05, 4.69) is 0 Å². The maximum Gasteiger partial charge on any atom is 1.00 e. The molecule has 0 atom stereocenters. The second kappa shape index (κ2) is 10.4. The van der Waals surface area contributed by atoms with Crippen LogP contribution in [0.2, 0.25) is 0 Å². The van der Waals surface area contributed by atoms with E-state index in [-0.39, 0.29) is 42.0 Å². The molecule has 0 aliphatic heterocycles. The summed E-state index contributed by atoms with van der Waals surface area (Å²) in [7, 11) is -4.67. The number of halogens is 1. The molecule has 0 aromatic heterocycles. The van der Waals surface area contributed by atoms with Gasteiger partial charge in [-0.1, -0.05) is 0 Å². The van der Waals surface area contributed by atoms with E-state index in [9.17, 15) is 0 Å². The molecule has 0 fully saturated rings. The molecule has 0 bridgehead atoms. The standard InChI is InChI=1S/ClH.HNO3.Na.H2O4S/c;2-1(3)4;;1-5(2,3)4/h1H;(H,2,3,4);;(H2,1,2,3,4)/q;;+1;/p-1. The van der Waals surface area contributed by atoms with Gasteiger partial charge in [-0.05, 0) is 0 Å². The average Bonchev–Trinajstić information content (AvgIpc) is 1.19. The van der Waals surface area contributed by atoms with E-state index in [4.69, 9.17) is 32.8 Å². The first-order valence-electron chi connectivity index (χ1n) is 1.26. The molecule has 0 aromatic carbocycles. The minimum Gasteiger partial charge on any atom is -1.00 e. The van der Waals surface area contributed by atoms with Crippen LogP contribution in [0.1, 0.15) is 0 Å². The van der Waals surface area contributed by atoms with Crippen LogP contribution in [0, 0.1) is 10.1 Å². The van der Waals surface area contributed by atoms with Crippen LogP contribution in [0.25, 0.3) is 0 Å². The van der Waals surface area contributed by atoms with Crippen molar-refractivity contribution in [2.75, 3.05) is 0 Å². The number of hydrogen-bond donors (Lipinski definition) is 3. The van der Waals surface area contributed by atoms with Crippen LogP contribution in [0.15, 0.2) is 0 Å². The molecule has 8 nitrogen and oxygen atoms in total. The summed E-state index contributed by atoms with van der Waals surface area (Å²) < 4.78 is 31.6. The average molecular weight is 220 g/mol. The Morgan fingerprint density at radius 3 is 1.27 bits per heavy atom. The largest absolute Gasteiger partial charge is 1.00 e. The van der Waals surface area contributed by atoms with Crippen LogP contribution in [-0.4, -0.2) is 27.8 Å². The van der Waals surface area contributed by atoms with Crippen molar-refractivity contribution in [2.45, 2.75) is 0 Å². The summed E-state index contributed by atoms with van der Waals surface area (Å²) in [6, 6.07) is 0. The topological polar surface area (TPSA) is 138 Å². The van der Waals surface area contributed by atoms with Crippen molar-refractivity contribution in [1.82, 2.24) is 0 Å². The summed E-state index contributed by atoms with van der Waals surface area (Å²) in [5.74, 6) is 0. The quantitative estimate of drug-likeness (QED) is 0.159. The first-order valence-corrected chi connectivity index (χ1v) is 2.66. The molecule has 0 heterocycles. The van der Waals surface area contributed by atoms with Gasteiger partial charge in [-0.3, -0.25) is 9.11 Å². The van der Waals surface area contributed by atoms with Crippen molar-refractivity contribution in [1.29, 1.82) is 0 Å². The van der Waals surface area contributed by atoms with Gasteiger partial charge in [0, 0.05) is 0 Å². The van der Waals surface area contributed by atoms with E-state index in [0.29, 0.717) is 0 Å². The number of hydrogen-bond acceptors (Lipinski definition) is 4. The molecule has 11 heteroatoms. The Balaban J connectivity index is -0.0000000383. The summed E-state index contributed by atoms with van der Waals surface area (Å²) in [6.45, 7) is 0. The zero-order valence-electron chi connectivity index (χ0n) is 5.21. The number of nitrogens with zero attached hydrogens (tertiary/aromatic N) is 1. The molecule has 0 saturated carbocycles. The maximum atomic E-state index is 8.74. The van der Waals surface area contributed by atoms with Crippen LogP contribution in [0.5, 0.6) is 0 Å². The molecule has 3 N–H and O–H groups in total. The molecule has 0 unspecified atom stereocenters. The van der Waals surface area contributed by atoms with Gasteiger partial charge in [0.05, 0.1) is 0 Å². The Bertz CT molecular complexity index is 161. The first kappa shape index (κ1) is 22.5. The Kier molecular flexibility index (Phi) is 21.2. The SMILES string of the molecule is O=S(=O)(O)O.O=[N+]([O-])O.[Cl-].[Na+]. The molecule has 11 heavy (non-hydrogen) atoms. The maximum absolute atomic E-state index is 8.74. The summed E-state index contributed by atoms with van der Waals surface area (Å²) >= 11 is 0. The van der Waals surface area contributed by atoms with Crippen LogP contribution < -0.4 is 42.0 Å². The predicted octanol–water partition coefficient (Wildman–Crippen LogP) is -6.99. The van der Waals surface area contributed by atoms with Crippen LogP contribution >= 0.6 is 0 Å². The van der Waals surface area contributed by atoms with E-state index < -0.39 is 15.5 Å². The van der Waals surface area contributed by atoms with Gasteiger partial charge >= 0.3 is 40.0 Å². The van der Waals surface area contributed by atoms with Crippen LogP contribution in [0.3, 0.4) is 0 Å². The molecule has 0 aliphatic carbocycles. The minimum absolute atomic E-state index is 0. The fourth-order valence-electron chi connectivity index (χ4n) is 0. The molecule has 0 spiro atoms. The van der Waals surface area contributed by atoms with E-state index in [1.54, 1.807) is 0 Å². The van der Waals surface area contributed by atoms with Gasteiger partial charge in [0.15, 0.2) is 0 Å². The zero-order chi connectivity index (χ0) is 8.08. The summed E-state index contributed by atoms with van der Waals surface area (Å²) in [6.07, 6.45) is 0. The second-order valence-corrected chi connectivity index (χ2v) is 1.58. The Labute approximate surface area is 90.0 Å². The fourth-order valence-corrected chi connectivity index (χ4v) is 0. The van der Waals surface area contributed by atoms with Crippen molar-refractivity contribution in [2.24, 2.45) is 0 Å². The summed E-state index contributed by atoms with van der Waals surface area (Å²) in [5, 5.41) is 13.6. The molecule has 0 aromatic rings. The van der Waals surface area contributed by atoms with Crippen molar-refractivity contribution in [3.05, 3.63) is 10.1 Å². The van der Waals surface area contributed by atoms with Crippen molar-refractivity contribution in [3.63, 3.8) is 0 Å². The Hall–Kier alpha value is 0.360. The Morgan fingerprint density at radius 2 is 1.27 bits per heavy atom. The second-order valence-electron chi connectivity index (χ2n) is 0.686. The van der Waals surface area contributed by atoms with Crippen LogP contribution in [0.4, 0.5) is 0 Å². The monoisotopic (exact) mass is 219 g/mol. The van der Waals surface area contributed by atoms with Gasteiger partial charge in [0.25, 0.3) is 5.09 Å². The molecule has 0 saturated heterocycles. The van der Waals surface area contributed by atoms with E-state index in [1.807, 2.05) is 0 Å². The van der Waals surface area contributed by atoms with Gasteiger partial charge in [-0.2, -0.15) is 8.42 Å². The third kappa shape index (κ3) is 5590. The zero-order valence-corrected chi connectivity index (χ0v) is 8.78. The normalized spacial score (nSPS) is 7.45. The third-order valence-corrected chi connectivity index (χ3v) is 0. The molecule has 0 rings (SSSR count). The summed E-state index contributed by atoms with van der Waals surface area (Å²) in [5.41, 5.74) is 0. The van der Waals surface area contributed by atoms with E-state index >= 15 is 0 Å². The smallest absolute Gasteiger partial charge is 1.00 e. The van der Waals surface area contributed by atoms with Crippen molar-refractivity contribution >= 4 is 10.4 Å². The van der Waals surface area contributed by atoms with Crippen molar-refractivity contribution < 1.29 is 69.8 Å². The minimum atomic E-state index is -4.67. The van der Waals surface area contributed by atoms with Crippen molar-refractivity contribution in [3.8, 4) is 0 Å². The molecule has 0 amide bonds. The molecular weight excluding hydrogens is 217 g/mol. The van der Waals surface area contributed by atoms with Gasteiger partial charge in [0.2, 0.25) is 0 Å². The van der Waals surface area contributed by atoms with Gasteiger partial charge in [-0.15, -0.1) is 10.1 Å². The number of rotatable bonds is 0. The van der Waals surface area contributed by atoms with E-state index in [0.717, 1.165) is 0 Å². The van der Waals surface area contributed by atoms with Gasteiger partial charge < -0.3 is 17.6 Å². The molecule has 0 radical (unpaired) electrons. The first-order chi connectivity index (χ1) is 3.73. The molecular formula is H3ClNNaO7S. The third-order valence-electron chi connectivity index (χ3n) is 0.